The van der Waals surface area contributed by atoms with E-state index in [9.17, 15) is 13.2 Å². The Morgan fingerprint density at radius 1 is 1.24 bits per heavy atom. The summed E-state index contributed by atoms with van der Waals surface area (Å²) < 4.78 is 28.2. The molecule has 0 saturated heterocycles. The van der Waals surface area contributed by atoms with Crippen LogP contribution in [0.5, 0.6) is 11.5 Å². The number of sulfone groups is 1. The van der Waals surface area contributed by atoms with Crippen LogP contribution in [0.3, 0.4) is 0 Å². The topological polar surface area (TPSA) is 93.6 Å². The average molecular weight is 307 g/mol. The first-order valence-corrected chi connectivity index (χ1v) is 7.84. The zero-order valence-corrected chi connectivity index (χ0v) is 12.2. The Morgan fingerprint density at radius 3 is 2.38 bits per heavy atom. The molecule has 0 aliphatic carbocycles. The number of pyridine rings is 1. The molecule has 0 fully saturated rings. The number of ether oxygens (including phenoxy) is 1. The minimum atomic E-state index is -3.28. The minimum Gasteiger partial charge on any atom is -0.477 e. The van der Waals surface area contributed by atoms with Gasteiger partial charge in [0.25, 0.3) is 0 Å². The molecule has 0 unspecified atom stereocenters. The van der Waals surface area contributed by atoms with Gasteiger partial charge in [0, 0.05) is 24.2 Å². The van der Waals surface area contributed by atoms with E-state index in [1.54, 1.807) is 6.92 Å². The number of rotatable bonds is 4. The molecule has 1 N–H and O–H groups in total. The molecule has 21 heavy (non-hydrogen) atoms. The van der Waals surface area contributed by atoms with Crippen LogP contribution in [0.25, 0.3) is 0 Å². The van der Waals surface area contributed by atoms with Crippen LogP contribution < -0.4 is 4.74 Å². The molecule has 0 atom stereocenters. The average Bonchev–Trinajstić information content (AvgIpc) is 2.38. The molecule has 0 saturated carbocycles. The Bertz CT molecular complexity index is 782. The zero-order chi connectivity index (χ0) is 15.6. The van der Waals surface area contributed by atoms with Crippen LogP contribution in [-0.2, 0) is 9.84 Å². The summed E-state index contributed by atoms with van der Waals surface area (Å²) in [6.07, 6.45) is 2.33. The number of aryl methyl sites for hydroxylation is 1. The maximum atomic E-state index is 11.4. The van der Waals surface area contributed by atoms with Gasteiger partial charge in [0.1, 0.15) is 17.1 Å². The lowest BCUT2D eigenvalue weighted by molar-refractivity contribution is 0.0693. The van der Waals surface area contributed by atoms with E-state index in [-0.39, 0.29) is 16.2 Å². The van der Waals surface area contributed by atoms with Crippen LogP contribution in [0.2, 0.25) is 0 Å². The number of carbonyl (C=O) groups is 1. The standard InChI is InChI=1S/C14H13NO5S/c1-9-7-13(12(8-15-9)14(16)17)20-10-3-5-11(6-4-10)21(2,18)19/h3-8H,1-2H3,(H,16,17). The van der Waals surface area contributed by atoms with E-state index in [0.29, 0.717) is 11.4 Å². The maximum Gasteiger partial charge on any atom is 0.341 e. The molecule has 0 bridgehead atoms. The molecule has 1 aromatic carbocycles. The first kappa shape index (κ1) is 15.0. The first-order chi connectivity index (χ1) is 9.77. The van der Waals surface area contributed by atoms with Gasteiger partial charge in [-0.05, 0) is 31.2 Å². The predicted molar refractivity (Wildman–Crippen MR) is 75.6 cm³/mol. The van der Waals surface area contributed by atoms with Gasteiger partial charge in [-0.25, -0.2) is 13.2 Å². The molecule has 2 rings (SSSR count). The second-order valence-electron chi connectivity index (χ2n) is 4.47. The van der Waals surface area contributed by atoms with Crippen molar-refractivity contribution in [1.29, 1.82) is 0 Å². The van der Waals surface area contributed by atoms with Crippen LogP contribution in [0, 0.1) is 6.92 Å². The van der Waals surface area contributed by atoms with E-state index in [1.807, 2.05) is 0 Å². The Hall–Kier alpha value is -2.41. The molecule has 7 heteroatoms. The Morgan fingerprint density at radius 2 is 1.86 bits per heavy atom. The SMILES string of the molecule is Cc1cc(Oc2ccc(S(C)(=O)=O)cc2)c(C(=O)O)cn1. The Kier molecular flexibility index (Phi) is 3.95. The summed E-state index contributed by atoms with van der Waals surface area (Å²) in [5, 5.41) is 9.09. The highest BCUT2D eigenvalue weighted by Crippen LogP contribution is 2.26. The second-order valence-corrected chi connectivity index (χ2v) is 6.49. The summed E-state index contributed by atoms with van der Waals surface area (Å²) in [5.74, 6) is -0.650. The molecule has 0 aliphatic heterocycles. The Labute approximate surface area is 121 Å². The molecule has 6 nitrogen and oxygen atoms in total. The zero-order valence-electron chi connectivity index (χ0n) is 11.4. The van der Waals surface area contributed by atoms with Gasteiger partial charge in [-0.15, -0.1) is 0 Å². The fourth-order valence-electron chi connectivity index (χ4n) is 1.66. The highest BCUT2D eigenvalue weighted by atomic mass is 32.2. The number of aromatic carboxylic acids is 1. The van der Waals surface area contributed by atoms with Crippen molar-refractivity contribution >= 4 is 15.8 Å². The molecule has 2 aromatic rings. The first-order valence-electron chi connectivity index (χ1n) is 5.95. The van der Waals surface area contributed by atoms with Gasteiger partial charge in [-0.3, -0.25) is 4.98 Å². The summed E-state index contributed by atoms with van der Waals surface area (Å²) in [7, 11) is -3.28. The molecular formula is C14H13NO5S. The third-order valence-electron chi connectivity index (χ3n) is 2.71. The van der Waals surface area contributed by atoms with Crippen molar-refractivity contribution in [1.82, 2.24) is 4.98 Å². The van der Waals surface area contributed by atoms with Crippen molar-refractivity contribution in [3.8, 4) is 11.5 Å². The van der Waals surface area contributed by atoms with Gasteiger partial charge in [0.15, 0.2) is 9.84 Å². The van der Waals surface area contributed by atoms with Crippen molar-refractivity contribution in [2.45, 2.75) is 11.8 Å². The molecule has 1 aromatic heterocycles. The fourth-order valence-corrected chi connectivity index (χ4v) is 2.29. The van der Waals surface area contributed by atoms with Crippen LogP contribution >= 0.6 is 0 Å². The number of carboxylic acids is 1. The number of carboxylic acid groups (broad SMARTS) is 1. The smallest absolute Gasteiger partial charge is 0.341 e. The summed E-state index contributed by atoms with van der Waals surface area (Å²) in [5.41, 5.74) is 0.551. The monoisotopic (exact) mass is 307 g/mol. The largest absolute Gasteiger partial charge is 0.477 e. The van der Waals surface area contributed by atoms with Crippen molar-refractivity contribution in [3.63, 3.8) is 0 Å². The number of hydrogen-bond acceptors (Lipinski definition) is 5. The molecule has 0 amide bonds. The van der Waals surface area contributed by atoms with E-state index in [1.165, 1.54) is 36.5 Å². The number of aromatic nitrogens is 1. The summed E-state index contributed by atoms with van der Waals surface area (Å²) in [6.45, 7) is 1.71. The van der Waals surface area contributed by atoms with E-state index < -0.39 is 15.8 Å². The predicted octanol–water partition coefficient (Wildman–Crippen LogP) is 2.28. The highest BCUT2D eigenvalue weighted by Gasteiger charge is 2.14. The van der Waals surface area contributed by atoms with Gasteiger partial charge in [0.05, 0.1) is 4.90 Å². The third-order valence-corrected chi connectivity index (χ3v) is 3.84. The summed E-state index contributed by atoms with van der Waals surface area (Å²) in [4.78, 5) is 15.2. The molecular weight excluding hydrogens is 294 g/mol. The lowest BCUT2D eigenvalue weighted by atomic mass is 10.2. The van der Waals surface area contributed by atoms with Crippen molar-refractivity contribution in [3.05, 3.63) is 47.8 Å². The number of hydrogen-bond donors (Lipinski definition) is 1. The molecule has 0 radical (unpaired) electrons. The highest BCUT2D eigenvalue weighted by molar-refractivity contribution is 7.90. The minimum absolute atomic E-state index is 0.0622. The summed E-state index contributed by atoms with van der Waals surface area (Å²) >= 11 is 0. The molecule has 0 spiro atoms. The molecule has 0 aliphatic rings. The van der Waals surface area contributed by atoms with Crippen molar-refractivity contribution in [2.75, 3.05) is 6.26 Å². The van der Waals surface area contributed by atoms with Crippen LogP contribution in [0.4, 0.5) is 0 Å². The second kappa shape index (κ2) is 5.53. The number of nitrogens with zero attached hydrogens (tertiary/aromatic N) is 1. The van der Waals surface area contributed by atoms with Crippen molar-refractivity contribution in [2.24, 2.45) is 0 Å². The fraction of sp³-hybridized carbons (Fsp3) is 0.143. The van der Waals surface area contributed by atoms with Crippen molar-refractivity contribution < 1.29 is 23.1 Å². The van der Waals surface area contributed by atoms with Crippen LogP contribution in [-0.4, -0.2) is 30.7 Å². The van der Waals surface area contributed by atoms with Crippen LogP contribution in [0.15, 0.2) is 41.4 Å². The molecule has 110 valence electrons. The lowest BCUT2D eigenvalue weighted by Gasteiger charge is -2.09. The maximum absolute atomic E-state index is 11.4. The van der Waals surface area contributed by atoms with Crippen LogP contribution in [0.1, 0.15) is 16.1 Å². The van der Waals surface area contributed by atoms with Gasteiger partial charge in [-0.2, -0.15) is 0 Å². The van der Waals surface area contributed by atoms with Gasteiger partial charge >= 0.3 is 5.97 Å². The number of benzene rings is 1. The van der Waals surface area contributed by atoms with E-state index in [0.717, 1.165) is 6.26 Å². The van der Waals surface area contributed by atoms with E-state index in [2.05, 4.69) is 4.98 Å². The van der Waals surface area contributed by atoms with E-state index in [4.69, 9.17) is 9.84 Å². The lowest BCUT2D eigenvalue weighted by Crippen LogP contribution is -2.02. The van der Waals surface area contributed by atoms with E-state index >= 15 is 0 Å². The van der Waals surface area contributed by atoms with Gasteiger partial charge in [-0.1, -0.05) is 0 Å². The normalized spacial score (nSPS) is 11.1. The summed E-state index contributed by atoms with van der Waals surface area (Å²) in [6, 6.07) is 7.25. The third kappa shape index (κ3) is 3.57. The Balaban J connectivity index is 2.34. The van der Waals surface area contributed by atoms with Gasteiger partial charge in [0.2, 0.25) is 0 Å². The molecule has 1 heterocycles. The van der Waals surface area contributed by atoms with Gasteiger partial charge < -0.3 is 9.84 Å². The quantitative estimate of drug-likeness (QED) is 0.931.